The average molecular weight is 171 g/mol. The Bertz CT molecular complexity index is 166. The fourth-order valence-electron chi connectivity index (χ4n) is 1.24. The smallest absolute Gasteiger partial charge is 0.224 e. The van der Waals surface area contributed by atoms with E-state index < -0.39 is 0 Å². The first-order chi connectivity index (χ1) is 5.63. The molecule has 70 valence electrons. The molecule has 1 aliphatic heterocycles. The monoisotopic (exact) mass is 171 g/mol. The average Bonchev–Trinajstić information content (AvgIpc) is 2.00. The van der Waals surface area contributed by atoms with Gasteiger partial charge in [-0.2, -0.15) is 0 Å². The van der Waals surface area contributed by atoms with Crippen molar-refractivity contribution in [3.8, 4) is 0 Å². The topological polar surface area (TPSA) is 58.4 Å². The summed E-state index contributed by atoms with van der Waals surface area (Å²) >= 11 is 0. The normalized spacial score (nSPS) is 21.6. The zero-order valence-electron chi connectivity index (χ0n) is 7.71. The van der Waals surface area contributed by atoms with Gasteiger partial charge in [0.2, 0.25) is 5.91 Å². The van der Waals surface area contributed by atoms with E-state index in [0.717, 1.165) is 13.1 Å². The third-order valence-electron chi connectivity index (χ3n) is 2.21. The number of nitrogens with zero attached hydrogens (tertiary/aromatic N) is 1. The molecule has 0 spiro atoms. The van der Waals surface area contributed by atoms with Crippen LogP contribution in [0.25, 0.3) is 0 Å². The number of hydrogen-bond acceptors (Lipinski definition) is 3. The van der Waals surface area contributed by atoms with Crippen molar-refractivity contribution < 1.29 is 4.79 Å². The first-order valence-corrected chi connectivity index (χ1v) is 4.32. The quantitative estimate of drug-likeness (QED) is 0.573. The van der Waals surface area contributed by atoms with E-state index in [0.29, 0.717) is 12.6 Å². The Morgan fingerprint density at radius 3 is 2.75 bits per heavy atom. The number of hydrogen-bond donors (Lipinski definition) is 2. The molecule has 0 aliphatic carbocycles. The summed E-state index contributed by atoms with van der Waals surface area (Å²) in [5.74, 6) is 0.0199. The predicted octanol–water partition coefficient (Wildman–Crippen LogP) is -0.989. The molecule has 0 saturated carbocycles. The van der Waals surface area contributed by atoms with Gasteiger partial charge in [0, 0.05) is 25.6 Å². The number of likely N-dealkylation sites (N-methyl/N-ethyl adjacent to an activating group) is 1. The number of nitrogens with two attached hydrogens (primary N) is 1. The summed E-state index contributed by atoms with van der Waals surface area (Å²) in [6, 6.07) is 0.344. The summed E-state index contributed by atoms with van der Waals surface area (Å²) in [5, 5.41) is 2.94. The SMILES string of the molecule is CC(CN)C(=O)NC1CN(C)C1. The van der Waals surface area contributed by atoms with Crippen molar-refractivity contribution >= 4 is 5.91 Å². The Labute approximate surface area is 73.1 Å². The molecule has 1 amide bonds. The third-order valence-corrected chi connectivity index (χ3v) is 2.21. The van der Waals surface area contributed by atoms with Crippen LogP contribution in [0.1, 0.15) is 6.92 Å². The predicted molar refractivity (Wildman–Crippen MR) is 47.6 cm³/mol. The molecule has 1 aliphatic rings. The molecule has 3 N–H and O–H groups in total. The van der Waals surface area contributed by atoms with Crippen LogP contribution in [-0.2, 0) is 4.79 Å². The maximum atomic E-state index is 11.3. The minimum atomic E-state index is -0.0593. The number of carbonyl (C=O) groups is 1. The summed E-state index contributed by atoms with van der Waals surface area (Å²) < 4.78 is 0. The van der Waals surface area contributed by atoms with E-state index in [1.165, 1.54) is 0 Å². The van der Waals surface area contributed by atoms with Crippen molar-refractivity contribution in [2.75, 3.05) is 26.7 Å². The lowest BCUT2D eigenvalue weighted by Crippen LogP contribution is -2.58. The van der Waals surface area contributed by atoms with Crippen LogP contribution in [-0.4, -0.2) is 43.5 Å². The molecule has 0 aromatic carbocycles. The van der Waals surface area contributed by atoms with Gasteiger partial charge in [0.15, 0.2) is 0 Å². The molecule has 1 rings (SSSR count). The van der Waals surface area contributed by atoms with Crippen molar-refractivity contribution in [2.45, 2.75) is 13.0 Å². The van der Waals surface area contributed by atoms with E-state index in [1.54, 1.807) is 0 Å². The molecule has 0 aromatic rings. The molecule has 1 fully saturated rings. The molecule has 1 heterocycles. The van der Waals surface area contributed by atoms with Crippen LogP contribution in [0.2, 0.25) is 0 Å². The van der Waals surface area contributed by atoms with Gasteiger partial charge in [0.1, 0.15) is 0 Å². The van der Waals surface area contributed by atoms with Gasteiger partial charge in [-0.3, -0.25) is 4.79 Å². The van der Waals surface area contributed by atoms with Gasteiger partial charge in [-0.25, -0.2) is 0 Å². The Balaban J connectivity index is 2.18. The number of likely N-dealkylation sites (tertiary alicyclic amines) is 1. The summed E-state index contributed by atoms with van der Waals surface area (Å²) in [7, 11) is 2.04. The fourth-order valence-corrected chi connectivity index (χ4v) is 1.24. The van der Waals surface area contributed by atoms with Crippen LogP contribution >= 0.6 is 0 Å². The van der Waals surface area contributed by atoms with Crippen LogP contribution in [0.4, 0.5) is 0 Å². The molecule has 0 radical (unpaired) electrons. The standard InChI is InChI=1S/C8H17N3O/c1-6(3-9)8(12)10-7-4-11(2)5-7/h6-7H,3-5,9H2,1-2H3,(H,10,12). The number of carbonyl (C=O) groups excluding carboxylic acids is 1. The van der Waals surface area contributed by atoms with Crippen LogP contribution in [0.5, 0.6) is 0 Å². The van der Waals surface area contributed by atoms with Crippen molar-refractivity contribution in [1.82, 2.24) is 10.2 Å². The largest absolute Gasteiger partial charge is 0.351 e. The first-order valence-electron chi connectivity index (χ1n) is 4.32. The molecule has 12 heavy (non-hydrogen) atoms. The van der Waals surface area contributed by atoms with Crippen LogP contribution < -0.4 is 11.1 Å². The Morgan fingerprint density at radius 2 is 2.33 bits per heavy atom. The second-order valence-electron chi connectivity index (χ2n) is 3.56. The molecule has 0 bridgehead atoms. The van der Waals surface area contributed by atoms with E-state index in [-0.39, 0.29) is 11.8 Å². The van der Waals surface area contributed by atoms with Crippen molar-refractivity contribution in [2.24, 2.45) is 11.7 Å². The van der Waals surface area contributed by atoms with Crippen LogP contribution in [0.3, 0.4) is 0 Å². The molecule has 1 unspecified atom stereocenters. The zero-order chi connectivity index (χ0) is 9.14. The maximum Gasteiger partial charge on any atom is 0.224 e. The highest BCUT2D eigenvalue weighted by Gasteiger charge is 2.25. The second kappa shape index (κ2) is 3.87. The molecule has 1 atom stereocenters. The lowest BCUT2D eigenvalue weighted by Gasteiger charge is -2.37. The number of nitrogens with one attached hydrogen (secondary N) is 1. The van der Waals surface area contributed by atoms with E-state index in [1.807, 2.05) is 14.0 Å². The van der Waals surface area contributed by atoms with Gasteiger partial charge < -0.3 is 16.0 Å². The molecule has 4 nitrogen and oxygen atoms in total. The van der Waals surface area contributed by atoms with Crippen LogP contribution in [0.15, 0.2) is 0 Å². The van der Waals surface area contributed by atoms with E-state index in [2.05, 4.69) is 10.2 Å². The van der Waals surface area contributed by atoms with Crippen molar-refractivity contribution in [3.05, 3.63) is 0 Å². The van der Waals surface area contributed by atoms with E-state index >= 15 is 0 Å². The molecule has 1 saturated heterocycles. The van der Waals surface area contributed by atoms with Gasteiger partial charge in [-0.15, -0.1) is 0 Å². The third kappa shape index (κ3) is 2.19. The molecular weight excluding hydrogens is 154 g/mol. The van der Waals surface area contributed by atoms with E-state index in [9.17, 15) is 4.79 Å². The Morgan fingerprint density at radius 1 is 1.75 bits per heavy atom. The number of rotatable bonds is 3. The lowest BCUT2D eigenvalue weighted by atomic mass is 10.1. The molecule has 4 heteroatoms. The van der Waals surface area contributed by atoms with Crippen molar-refractivity contribution in [3.63, 3.8) is 0 Å². The first kappa shape index (κ1) is 9.48. The highest BCUT2D eigenvalue weighted by molar-refractivity contribution is 5.78. The summed E-state index contributed by atoms with van der Waals surface area (Å²) in [6.07, 6.45) is 0. The fraction of sp³-hybridized carbons (Fsp3) is 0.875. The second-order valence-corrected chi connectivity index (χ2v) is 3.56. The lowest BCUT2D eigenvalue weighted by molar-refractivity contribution is -0.125. The number of amides is 1. The van der Waals surface area contributed by atoms with Gasteiger partial charge >= 0.3 is 0 Å². The van der Waals surface area contributed by atoms with Crippen molar-refractivity contribution in [1.29, 1.82) is 0 Å². The highest BCUT2D eigenvalue weighted by Crippen LogP contribution is 2.04. The maximum absolute atomic E-state index is 11.3. The van der Waals surface area contributed by atoms with E-state index in [4.69, 9.17) is 5.73 Å². The highest BCUT2D eigenvalue weighted by atomic mass is 16.2. The van der Waals surface area contributed by atoms with Gasteiger partial charge in [-0.05, 0) is 7.05 Å². The molecule has 0 aromatic heterocycles. The summed E-state index contributed by atoms with van der Waals surface area (Å²) in [4.78, 5) is 13.4. The Hall–Kier alpha value is -0.610. The van der Waals surface area contributed by atoms with Gasteiger partial charge in [0.25, 0.3) is 0 Å². The van der Waals surface area contributed by atoms with Crippen LogP contribution in [0, 0.1) is 5.92 Å². The minimum absolute atomic E-state index is 0.0593. The Kier molecular flexibility index (Phi) is 3.05. The van der Waals surface area contributed by atoms with Gasteiger partial charge in [0.05, 0.1) is 6.04 Å². The summed E-state index contributed by atoms with van der Waals surface area (Å²) in [5.41, 5.74) is 5.36. The minimum Gasteiger partial charge on any atom is -0.351 e. The van der Waals surface area contributed by atoms with Gasteiger partial charge in [-0.1, -0.05) is 6.92 Å². The summed E-state index contributed by atoms with van der Waals surface area (Å²) in [6.45, 7) is 4.19. The molecular formula is C8H17N3O. The zero-order valence-corrected chi connectivity index (χ0v) is 7.71.